The van der Waals surface area contributed by atoms with Gasteiger partial charge in [0.05, 0.1) is 0 Å². The second-order valence-electron chi connectivity index (χ2n) is 6.18. The van der Waals surface area contributed by atoms with Crippen LogP contribution in [-0.4, -0.2) is 18.3 Å². The van der Waals surface area contributed by atoms with Crippen molar-refractivity contribution in [1.82, 2.24) is 5.32 Å². The number of rotatable bonds is 6. The van der Waals surface area contributed by atoms with Crippen molar-refractivity contribution in [3.05, 3.63) is 35.9 Å². The fourth-order valence-electron chi connectivity index (χ4n) is 2.36. The van der Waals surface area contributed by atoms with Crippen LogP contribution in [0, 0.1) is 11.3 Å². The second-order valence-corrected chi connectivity index (χ2v) is 6.56. The van der Waals surface area contributed by atoms with E-state index in [1.54, 1.807) is 0 Å². The predicted molar refractivity (Wildman–Crippen MR) is 79.4 cm³/mol. The van der Waals surface area contributed by atoms with Crippen LogP contribution < -0.4 is 5.32 Å². The zero-order valence-electron chi connectivity index (χ0n) is 11.7. The zero-order chi connectivity index (χ0) is 13.9. The highest BCUT2D eigenvalue weighted by Gasteiger charge is 2.43. The van der Waals surface area contributed by atoms with Crippen molar-refractivity contribution in [3.63, 3.8) is 0 Å². The summed E-state index contributed by atoms with van der Waals surface area (Å²) in [4.78, 5) is 12.1. The third-order valence-corrected chi connectivity index (χ3v) is 4.06. The van der Waals surface area contributed by atoms with Crippen molar-refractivity contribution in [2.24, 2.45) is 11.3 Å². The van der Waals surface area contributed by atoms with Gasteiger partial charge in [-0.2, -0.15) is 0 Å². The van der Waals surface area contributed by atoms with E-state index >= 15 is 0 Å². The lowest BCUT2D eigenvalue weighted by molar-refractivity contribution is -0.122. The SMILES string of the molecule is CC(C)(CCCl)CNC(=O)C1CC1c1ccccc1. The molecule has 2 nitrogen and oxygen atoms in total. The maximum absolute atomic E-state index is 12.1. The molecule has 2 rings (SSSR count). The minimum absolute atomic E-state index is 0.0779. The zero-order valence-corrected chi connectivity index (χ0v) is 12.4. The highest BCUT2D eigenvalue weighted by Crippen LogP contribution is 2.47. The van der Waals surface area contributed by atoms with Crippen molar-refractivity contribution < 1.29 is 4.79 Å². The number of hydrogen-bond donors (Lipinski definition) is 1. The van der Waals surface area contributed by atoms with Crippen LogP contribution in [0.1, 0.15) is 38.2 Å². The molecule has 19 heavy (non-hydrogen) atoms. The van der Waals surface area contributed by atoms with E-state index in [0.29, 0.717) is 18.3 Å². The van der Waals surface area contributed by atoms with Crippen molar-refractivity contribution in [2.75, 3.05) is 12.4 Å². The Balaban J connectivity index is 1.80. The lowest BCUT2D eigenvalue weighted by Gasteiger charge is -2.23. The number of hydrogen-bond acceptors (Lipinski definition) is 1. The Hall–Kier alpha value is -1.02. The van der Waals surface area contributed by atoms with Gasteiger partial charge in [-0.25, -0.2) is 0 Å². The third kappa shape index (κ3) is 3.97. The molecule has 1 aliphatic rings. The molecule has 1 fully saturated rings. The maximum atomic E-state index is 12.1. The van der Waals surface area contributed by atoms with Crippen molar-refractivity contribution in [1.29, 1.82) is 0 Å². The molecule has 1 aromatic carbocycles. The van der Waals surface area contributed by atoms with Crippen LogP contribution in [0.5, 0.6) is 0 Å². The first kappa shape index (κ1) is 14.4. The van der Waals surface area contributed by atoms with Crippen molar-refractivity contribution in [3.8, 4) is 0 Å². The maximum Gasteiger partial charge on any atom is 0.223 e. The fraction of sp³-hybridized carbons (Fsp3) is 0.562. The molecular weight excluding hydrogens is 258 g/mol. The Morgan fingerprint density at radius 2 is 2.05 bits per heavy atom. The molecule has 0 radical (unpaired) electrons. The van der Waals surface area contributed by atoms with Crippen molar-refractivity contribution in [2.45, 2.75) is 32.6 Å². The molecule has 2 unspecified atom stereocenters. The molecule has 1 aromatic rings. The highest BCUT2D eigenvalue weighted by atomic mass is 35.5. The van der Waals surface area contributed by atoms with Gasteiger partial charge in [0.2, 0.25) is 5.91 Å². The van der Waals surface area contributed by atoms with Gasteiger partial charge in [0.1, 0.15) is 0 Å². The molecule has 0 saturated heterocycles. The number of nitrogens with one attached hydrogen (secondary N) is 1. The molecule has 1 amide bonds. The number of carbonyl (C=O) groups excluding carboxylic acids is 1. The van der Waals surface area contributed by atoms with Gasteiger partial charge >= 0.3 is 0 Å². The lowest BCUT2D eigenvalue weighted by Crippen LogP contribution is -2.35. The number of carbonyl (C=O) groups is 1. The molecule has 1 N–H and O–H groups in total. The molecular formula is C16H22ClNO. The molecule has 0 spiro atoms. The fourth-order valence-corrected chi connectivity index (χ4v) is 2.87. The van der Waals surface area contributed by atoms with Gasteiger partial charge < -0.3 is 5.32 Å². The van der Waals surface area contributed by atoms with Gasteiger partial charge in [-0.3, -0.25) is 4.79 Å². The standard InChI is InChI=1S/C16H22ClNO/c1-16(2,8-9-17)11-18-15(19)14-10-13(14)12-6-4-3-5-7-12/h3-7,13-14H,8-11H2,1-2H3,(H,18,19). The summed E-state index contributed by atoms with van der Waals surface area (Å²) in [5.74, 6) is 1.40. The van der Waals surface area contributed by atoms with Gasteiger partial charge in [0.15, 0.2) is 0 Å². The normalized spacial score (nSPS) is 22.1. The Bertz CT molecular complexity index is 430. The van der Waals surface area contributed by atoms with E-state index in [1.165, 1.54) is 5.56 Å². The lowest BCUT2D eigenvalue weighted by atomic mass is 9.90. The molecule has 0 bridgehead atoms. The predicted octanol–water partition coefficient (Wildman–Crippen LogP) is 3.56. The molecule has 2 atom stereocenters. The molecule has 1 saturated carbocycles. The Morgan fingerprint density at radius 1 is 1.37 bits per heavy atom. The highest BCUT2D eigenvalue weighted by molar-refractivity contribution is 6.17. The third-order valence-electron chi connectivity index (χ3n) is 3.87. The summed E-state index contributed by atoms with van der Waals surface area (Å²) in [5, 5.41) is 3.07. The number of alkyl halides is 1. The van der Waals surface area contributed by atoms with Gasteiger partial charge in [0, 0.05) is 18.3 Å². The summed E-state index contributed by atoms with van der Waals surface area (Å²) in [6, 6.07) is 10.3. The number of benzene rings is 1. The van der Waals surface area contributed by atoms with Gasteiger partial charge in [-0.15, -0.1) is 11.6 Å². The summed E-state index contributed by atoms with van der Waals surface area (Å²) in [5.41, 5.74) is 1.36. The summed E-state index contributed by atoms with van der Waals surface area (Å²) in [6.07, 6.45) is 1.90. The number of amides is 1. The summed E-state index contributed by atoms with van der Waals surface area (Å²) < 4.78 is 0. The number of halogens is 1. The van der Waals surface area contributed by atoms with Crippen LogP contribution >= 0.6 is 11.6 Å². The molecule has 0 heterocycles. The smallest absolute Gasteiger partial charge is 0.223 e. The molecule has 3 heteroatoms. The molecule has 0 aliphatic heterocycles. The Kier molecular flexibility index (Phi) is 4.51. The van der Waals surface area contributed by atoms with Crippen LogP contribution in [-0.2, 0) is 4.79 Å². The van der Waals surface area contributed by atoms with Gasteiger partial charge in [-0.1, -0.05) is 44.2 Å². The monoisotopic (exact) mass is 279 g/mol. The van der Waals surface area contributed by atoms with E-state index in [0.717, 1.165) is 12.8 Å². The molecule has 1 aliphatic carbocycles. The first-order chi connectivity index (χ1) is 9.03. The first-order valence-corrected chi connectivity index (χ1v) is 7.45. The quantitative estimate of drug-likeness (QED) is 0.793. The van der Waals surface area contributed by atoms with E-state index in [1.807, 2.05) is 18.2 Å². The van der Waals surface area contributed by atoms with Gasteiger partial charge in [0.25, 0.3) is 0 Å². The van der Waals surface area contributed by atoms with Crippen LogP contribution in [0.15, 0.2) is 30.3 Å². The minimum atomic E-state index is 0.0779. The van der Waals surface area contributed by atoms with E-state index in [4.69, 9.17) is 11.6 Å². The minimum Gasteiger partial charge on any atom is -0.355 e. The van der Waals surface area contributed by atoms with E-state index in [-0.39, 0.29) is 17.2 Å². The van der Waals surface area contributed by atoms with E-state index in [9.17, 15) is 4.79 Å². The van der Waals surface area contributed by atoms with Crippen LogP contribution in [0.4, 0.5) is 0 Å². The Labute approximate surface area is 120 Å². The van der Waals surface area contributed by atoms with Crippen LogP contribution in [0.2, 0.25) is 0 Å². The summed E-state index contributed by atoms with van der Waals surface area (Å²) in [6.45, 7) is 4.98. The van der Waals surface area contributed by atoms with E-state index < -0.39 is 0 Å². The molecule has 0 aromatic heterocycles. The second kappa shape index (κ2) is 5.96. The van der Waals surface area contributed by atoms with Gasteiger partial charge in [-0.05, 0) is 29.7 Å². The first-order valence-electron chi connectivity index (χ1n) is 6.92. The average Bonchev–Trinajstić information content (AvgIpc) is 3.17. The largest absolute Gasteiger partial charge is 0.355 e. The van der Waals surface area contributed by atoms with Crippen molar-refractivity contribution >= 4 is 17.5 Å². The topological polar surface area (TPSA) is 29.1 Å². The van der Waals surface area contributed by atoms with Crippen LogP contribution in [0.25, 0.3) is 0 Å². The summed E-state index contributed by atoms with van der Waals surface area (Å²) in [7, 11) is 0. The Morgan fingerprint density at radius 3 is 2.68 bits per heavy atom. The van der Waals surface area contributed by atoms with Crippen LogP contribution in [0.3, 0.4) is 0 Å². The average molecular weight is 280 g/mol. The van der Waals surface area contributed by atoms with E-state index in [2.05, 4.69) is 31.3 Å². The summed E-state index contributed by atoms with van der Waals surface area (Å²) >= 11 is 5.77. The molecule has 104 valence electrons.